The van der Waals surface area contributed by atoms with E-state index in [0.29, 0.717) is 5.56 Å². The zero-order valence-corrected chi connectivity index (χ0v) is 17.5. The van der Waals surface area contributed by atoms with Crippen LogP contribution in [0, 0.1) is 0 Å². The Hall–Kier alpha value is -4.37. The van der Waals surface area contributed by atoms with Gasteiger partial charge in [-0.05, 0) is 35.9 Å². The second-order valence-corrected chi connectivity index (χ2v) is 7.47. The van der Waals surface area contributed by atoms with Gasteiger partial charge in [0.15, 0.2) is 0 Å². The van der Waals surface area contributed by atoms with Gasteiger partial charge in [0.2, 0.25) is 5.88 Å². The Morgan fingerprint density at radius 3 is 1.78 bits per heavy atom. The molecule has 5 rings (SSSR count). The minimum Gasteiger partial charge on any atom is -0.494 e. The molecular formula is C29H22N2O. The van der Waals surface area contributed by atoms with Crippen molar-refractivity contribution < 1.29 is 5.11 Å². The van der Waals surface area contributed by atoms with E-state index >= 15 is 0 Å². The highest BCUT2D eigenvalue weighted by atomic mass is 16.3. The van der Waals surface area contributed by atoms with Gasteiger partial charge in [-0.3, -0.25) is 4.57 Å². The first-order valence-electron chi connectivity index (χ1n) is 10.6. The molecule has 0 amide bonds. The average Bonchev–Trinajstić information content (AvgIpc) is 3.21. The fourth-order valence-electron chi connectivity index (χ4n) is 3.84. The van der Waals surface area contributed by atoms with Crippen LogP contribution in [0.2, 0.25) is 0 Å². The maximum absolute atomic E-state index is 11.5. The minimum absolute atomic E-state index is 0.161. The van der Waals surface area contributed by atoms with E-state index in [1.54, 1.807) is 0 Å². The summed E-state index contributed by atoms with van der Waals surface area (Å²) in [5.41, 5.74) is 5.99. The number of hydrogen-bond donors (Lipinski definition) is 1. The molecule has 4 aromatic carbocycles. The van der Waals surface area contributed by atoms with Crippen molar-refractivity contribution >= 4 is 11.4 Å². The predicted molar refractivity (Wildman–Crippen MR) is 131 cm³/mol. The number of hydrogen-bond acceptors (Lipinski definition) is 2. The molecule has 32 heavy (non-hydrogen) atoms. The molecule has 0 atom stereocenters. The number of para-hydroxylation sites is 2. The van der Waals surface area contributed by atoms with Gasteiger partial charge in [0.05, 0.1) is 22.7 Å². The van der Waals surface area contributed by atoms with Gasteiger partial charge in [0.1, 0.15) is 0 Å². The van der Waals surface area contributed by atoms with Crippen molar-refractivity contribution in [2.45, 2.75) is 0 Å². The summed E-state index contributed by atoms with van der Waals surface area (Å²) >= 11 is 0. The van der Waals surface area contributed by atoms with Crippen molar-refractivity contribution in [1.82, 2.24) is 4.57 Å². The van der Waals surface area contributed by atoms with Crippen LogP contribution in [0.25, 0.3) is 16.9 Å². The van der Waals surface area contributed by atoms with Crippen LogP contribution in [0.3, 0.4) is 0 Å². The Kier molecular flexibility index (Phi) is 5.38. The van der Waals surface area contributed by atoms with Gasteiger partial charge in [0, 0.05) is 11.3 Å². The van der Waals surface area contributed by atoms with Crippen LogP contribution < -0.4 is 0 Å². The van der Waals surface area contributed by atoms with E-state index < -0.39 is 0 Å². The quantitative estimate of drug-likeness (QED) is 0.308. The normalized spacial score (nSPS) is 11.4. The first kappa shape index (κ1) is 19.6. The maximum atomic E-state index is 11.5. The number of rotatable bonds is 5. The van der Waals surface area contributed by atoms with Crippen LogP contribution in [-0.2, 0) is 0 Å². The van der Waals surface area contributed by atoms with Gasteiger partial charge in [-0.2, -0.15) is 0 Å². The third-order valence-electron chi connectivity index (χ3n) is 5.36. The molecule has 0 bridgehead atoms. The summed E-state index contributed by atoms with van der Waals surface area (Å²) < 4.78 is 1.88. The van der Waals surface area contributed by atoms with Gasteiger partial charge in [0.25, 0.3) is 0 Å². The SMILES string of the molecule is Oc1c(C(=Nc2ccccc2)c2ccccc2)cc(-c2ccccc2)n1-c1ccccc1. The monoisotopic (exact) mass is 414 g/mol. The number of aromatic hydroxyl groups is 1. The zero-order chi connectivity index (χ0) is 21.8. The molecule has 0 radical (unpaired) electrons. The van der Waals surface area contributed by atoms with Crippen molar-refractivity contribution in [3.8, 4) is 22.8 Å². The number of benzene rings is 4. The summed E-state index contributed by atoms with van der Waals surface area (Å²) in [7, 11) is 0. The maximum Gasteiger partial charge on any atom is 0.205 e. The van der Waals surface area contributed by atoms with Crippen LogP contribution in [0.15, 0.2) is 132 Å². The Morgan fingerprint density at radius 1 is 0.625 bits per heavy atom. The zero-order valence-electron chi connectivity index (χ0n) is 17.5. The minimum atomic E-state index is 0.161. The Bertz CT molecular complexity index is 1340. The van der Waals surface area contributed by atoms with Crippen molar-refractivity contribution in [3.05, 3.63) is 139 Å². The molecular weight excluding hydrogens is 392 g/mol. The second kappa shape index (κ2) is 8.78. The van der Waals surface area contributed by atoms with Crippen molar-refractivity contribution in [3.63, 3.8) is 0 Å². The molecule has 3 heteroatoms. The summed E-state index contributed by atoms with van der Waals surface area (Å²) in [5, 5.41) is 11.5. The van der Waals surface area contributed by atoms with Gasteiger partial charge in [-0.1, -0.05) is 97.1 Å². The molecule has 5 aromatic rings. The van der Waals surface area contributed by atoms with Crippen molar-refractivity contribution in [2.24, 2.45) is 4.99 Å². The second-order valence-electron chi connectivity index (χ2n) is 7.47. The standard InChI is InChI=1S/C29H22N2O/c32-29-26(28(23-15-7-2-8-16-23)30-24-17-9-3-10-18-24)21-27(22-13-5-1-6-14-22)31(29)25-19-11-4-12-20-25/h1-21,32H. The summed E-state index contributed by atoms with van der Waals surface area (Å²) in [5.74, 6) is 0.161. The lowest BCUT2D eigenvalue weighted by Crippen LogP contribution is -2.03. The summed E-state index contributed by atoms with van der Waals surface area (Å²) in [6, 6.07) is 41.8. The van der Waals surface area contributed by atoms with E-state index in [9.17, 15) is 5.11 Å². The number of aliphatic imine (C=N–C) groups is 1. The molecule has 1 N–H and O–H groups in total. The van der Waals surface area contributed by atoms with Crippen molar-refractivity contribution in [1.29, 1.82) is 0 Å². The topological polar surface area (TPSA) is 37.5 Å². The summed E-state index contributed by atoms with van der Waals surface area (Å²) in [6.45, 7) is 0. The van der Waals surface area contributed by atoms with Crippen LogP contribution in [-0.4, -0.2) is 15.4 Å². The highest BCUT2D eigenvalue weighted by molar-refractivity contribution is 6.16. The Balaban J connectivity index is 1.78. The highest BCUT2D eigenvalue weighted by Gasteiger charge is 2.22. The molecule has 0 spiro atoms. The molecule has 1 aromatic heterocycles. The van der Waals surface area contributed by atoms with Gasteiger partial charge < -0.3 is 5.11 Å². The molecule has 0 aliphatic rings. The van der Waals surface area contributed by atoms with Gasteiger partial charge in [-0.15, -0.1) is 0 Å². The molecule has 3 nitrogen and oxygen atoms in total. The Labute approximate surface area is 187 Å². The molecule has 154 valence electrons. The van der Waals surface area contributed by atoms with Crippen LogP contribution in [0.1, 0.15) is 11.1 Å². The molecule has 0 unspecified atom stereocenters. The van der Waals surface area contributed by atoms with E-state index in [1.807, 2.05) is 120 Å². The van der Waals surface area contributed by atoms with Crippen LogP contribution in [0.4, 0.5) is 5.69 Å². The van der Waals surface area contributed by atoms with Crippen LogP contribution in [0.5, 0.6) is 5.88 Å². The van der Waals surface area contributed by atoms with E-state index in [1.165, 1.54) is 0 Å². The fraction of sp³-hybridized carbons (Fsp3) is 0. The first-order chi connectivity index (χ1) is 15.8. The third kappa shape index (κ3) is 3.84. The first-order valence-corrected chi connectivity index (χ1v) is 10.6. The third-order valence-corrected chi connectivity index (χ3v) is 5.36. The van der Waals surface area contributed by atoms with E-state index in [4.69, 9.17) is 4.99 Å². The van der Waals surface area contributed by atoms with E-state index in [2.05, 4.69) is 12.1 Å². The number of aromatic nitrogens is 1. The van der Waals surface area contributed by atoms with Gasteiger partial charge >= 0.3 is 0 Å². The highest BCUT2D eigenvalue weighted by Crippen LogP contribution is 2.36. The summed E-state index contributed by atoms with van der Waals surface area (Å²) in [6.07, 6.45) is 0. The van der Waals surface area contributed by atoms with Crippen LogP contribution >= 0.6 is 0 Å². The molecule has 0 aliphatic heterocycles. The predicted octanol–water partition coefficient (Wildman–Crippen LogP) is 7.02. The average molecular weight is 415 g/mol. The molecule has 0 fully saturated rings. The lowest BCUT2D eigenvalue weighted by Gasteiger charge is -2.11. The smallest absolute Gasteiger partial charge is 0.205 e. The molecule has 0 aliphatic carbocycles. The molecule has 0 saturated heterocycles. The lowest BCUT2D eigenvalue weighted by molar-refractivity contribution is 0.442. The van der Waals surface area contributed by atoms with Gasteiger partial charge in [-0.25, -0.2) is 4.99 Å². The largest absolute Gasteiger partial charge is 0.494 e. The molecule has 0 saturated carbocycles. The fourth-order valence-corrected chi connectivity index (χ4v) is 3.84. The van der Waals surface area contributed by atoms with E-state index in [-0.39, 0.29) is 5.88 Å². The lowest BCUT2D eigenvalue weighted by atomic mass is 10.0. The molecule has 1 heterocycles. The number of nitrogens with zero attached hydrogens (tertiary/aromatic N) is 2. The van der Waals surface area contributed by atoms with Crippen molar-refractivity contribution in [2.75, 3.05) is 0 Å². The summed E-state index contributed by atoms with van der Waals surface area (Å²) in [4.78, 5) is 4.95. The van der Waals surface area contributed by atoms with E-state index in [0.717, 1.165) is 33.9 Å². The Morgan fingerprint density at radius 2 is 1.16 bits per heavy atom.